The number of ketones is 1. The third kappa shape index (κ3) is 11.2. The largest absolute Gasteiger partial charge is 0.384 e. The first-order valence-electron chi connectivity index (χ1n) is 16.3. The number of terminal acetylenes is 1. The van der Waals surface area contributed by atoms with Crippen LogP contribution in [0.15, 0.2) is 77.3 Å². The van der Waals surface area contributed by atoms with Gasteiger partial charge in [0.05, 0.1) is 4.88 Å². The molecule has 0 unspecified atom stereocenters. The molecular weight excluding hydrogens is 610 g/mol. The molecule has 6 nitrogen and oxygen atoms in total. The minimum Gasteiger partial charge on any atom is -0.384 e. The number of nitrogens with one attached hydrogen (secondary N) is 2. The van der Waals surface area contributed by atoms with Crippen LogP contribution < -0.4 is 10.6 Å². The minimum atomic E-state index is -0.323. The first-order chi connectivity index (χ1) is 22.6. The van der Waals surface area contributed by atoms with Crippen LogP contribution in [0.4, 0.5) is 4.39 Å². The molecule has 1 aliphatic carbocycles. The first-order valence-corrected chi connectivity index (χ1v) is 17.2. The van der Waals surface area contributed by atoms with E-state index in [0.29, 0.717) is 37.0 Å². The Balaban J connectivity index is 0.000000270. The molecule has 2 heterocycles. The van der Waals surface area contributed by atoms with E-state index in [-0.39, 0.29) is 28.8 Å². The number of Topliss-reactive ketones (excluding diaryl/α,β-unsaturated/α-hetero) is 1. The van der Waals surface area contributed by atoms with Crippen LogP contribution in [-0.2, 0) is 17.8 Å². The molecule has 0 radical (unpaired) electrons. The lowest BCUT2D eigenvalue weighted by Gasteiger charge is -2.42. The lowest BCUT2D eigenvalue weighted by molar-refractivity contribution is -0.116. The zero-order valence-corrected chi connectivity index (χ0v) is 28.9. The van der Waals surface area contributed by atoms with E-state index in [9.17, 15) is 18.8 Å². The number of thiophene rings is 1. The summed E-state index contributed by atoms with van der Waals surface area (Å²) in [6, 6.07) is 18.4. The maximum absolute atomic E-state index is 13.1. The minimum absolute atomic E-state index is 0.00158. The van der Waals surface area contributed by atoms with Crippen molar-refractivity contribution < 1.29 is 18.8 Å². The molecule has 8 heteroatoms. The molecule has 2 aliphatic rings. The molecule has 2 aromatic carbocycles. The van der Waals surface area contributed by atoms with E-state index >= 15 is 0 Å². The van der Waals surface area contributed by atoms with Crippen molar-refractivity contribution in [3.05, 3.63) is 105 Å². The molecule has 1 saturated carbocycles. The van der Waals surface area contributed by atoms with Gasteiger partial charge in [-0.25, -0.2) is 4.39 Å². The van der Waals surface area contributed by atoms with Crippen LogP contribution in [0.5, 0.6) is 0 Å². The van der Waals surface area contributed by atoms with E-state index in [1.807, 2.05) is 40.6 Å². The highest BCUT2D eigenvalue weighted by Gasteiger charge is 2.36. The van der Waals surface area contributed by atoms with Crippen molar-refractivity contribution in [3.8, 4) is 12.8 Å². The molecule has 250 valence electrons. The van der Waals surface area contributed by atoms with Crippen LogP contribution in [0, 0.1) is 24.1 Å². The van der Waals surface area contributed by atoms with Crippen molar-refractivity contribution in [2.24, 2.45) is 5.41 Å². The number of amides is 2. The third-order valence-corrected chi connectivity index (χ3v) is 9.26. The molecule has 1 aliphatic heterocycles. The van der Waals surface area contributed by atoms with Crippen molar-refractivity contribution in [2.45, 2.75) is 85.2 Å². The predicted molar refractivity (Wildman–Crippen MR) is 190 cm³/mol. The number of carbonyl (C=O) groups excluding carboxylic acids is 3. The van der Waals surface area contributed by atoms with Crippen LogP contribution in [-0.4, -0.2) is 41.6 Å². The summed E-state index contributed by atoms with van der Waals surface area (Å²) in [5.74, 6) is -0.104. The van der Waals surface area contributed by atoms with Crippen LogP contribution in [0.25, 0.3) is 0 Å². The predicted octanol–water partition coefficient (Wildman–Crippen LogP) is 7.95. The summed E-state index contributed by atoms with van der Waals surface area (Å²) in [5, 5.41) is 8.51. The van der Waals surface area contributed by atoms with Gasteiger partial charge in [0.15, 0.2) is 0 Å². The van der Waals surface area contributed by atoms with Gasteiger partial charge in [0.2, 0.25) is 0 Å². The van der Waals surface area contributed by atoms with E-state index in [2.05, 4.69) is 50.3 Å². The zero-order valence-electron chi connectivity index (χ0n) is 28.1. The number of rotatable bonds is 9. The number of halogens is 1. The molecule has 0 atom stereocenters. The summed E-state index contributed by atoms with van der Waals surface area (Å²) >= 11 is 1.43. The number of hydrogen-bond acceptors (Lipinski definition) is 5. The molecule has 0 saturated heterocycles. The Morgan fingerprint density at radius 1 is 0.979 bits per heavy atom. The second kappa shape index (κ2) is 18.2. The van der Waals surface area contributed by atoms with E-state index in [1.165, 1.54) is 48.3 Å². The Kier molecular flexibility index (Phi) is 14.4. The average molecular weight is 658 g/mol. The molecule has 1 aromatic heterocycles. The number of nitrogens with zero attached hydrogens (tertiary/aromatic N) is 1. The van der Waals surface area contributed by atoms with Crippen LogP contribution in [0.2, 0.25) is 0 Å². The maximum Gasteiger partial charge on any atom is 0.264 e. The highest BCUT2D eigenvalue weighted by Crippen LogP contribution is 2.35. The Labute approximate surface area is 283 Å². The first kappa shape index (κ1) is 37.2. The van der Waals surface area contributed by atoms with Crippen molar-refractivity contribution in [3.63, 3.8) is 0 Å². The van der Waals surface area contributed by atoms with E-state index < -0.39 is 0 Å². The Bertz CT molecular complexity index is 1520. The van der Waals surface area contributed by atoms with Gasteiger partial charge >= 0.3 is 0 Å². The van der Waals surface area contributed by atoms with Gasteiger partial charge in [-0.3, -0.25) is 14.4 Å². The molecule has 0 bridgehead atoms. The van der Waals surface area contributed by atoms with Crippen molar-refractivity contribution >= 4 is 28.9 Å². The summed E-state index contributed by atoms with van der Waals surface area (Å²) in [6.45, 7) is 9.37. The summed E-state index contributed by atoms with van der Waals surface area (Å²) in [6.07, 6.45) is 15.4. The van der Waals surface area contributed by atoms with Crippen LogP contribution >= 0.6 is 11.3 Å². The standard InChI is InChI=1S/C22H25FN2O2S.C15H21NO.C2H2/c1-15(26)11-17-13-25(21(27)19-5-4-10-28-19)14-22(2,3)20(17)24-12-16-6-8-18(23)9-7-16;1-2-12-7-6-8-13(11-12)15(17)16-14-9-4-3-5-10-14;1-2/h4-10,24H,11-14H2,1-3H3;6-8,11,14H,2-5,9-10H2,1H3,(H,16,17);1-2H. The SMILES string of the molecule is C#C.CC(=O)CC1=C(NCc2ccc(F)cc2)C(C)(C)CN(C(=O)c2cccs2)C1.CCc1cccc(C(=O)NC2CCCCC2)c1. The highest BCUT2D eigenvalue weighted by molar-refractivity contribution is 7.12. The van der Waals surface area contributed by atoms with E-state index in [4.69, 9.17) is 0 Å². The highest BCUT2D eigenvalue weighted by atomic mass is 32.1. The van der Waals surface area contributed by atoms with Gasteiger partial charge in [-0.15, -0.1) is 24.2 Å². The normalized spacial score (nSPS) is 15.8. The second-order valence-electron chi connectivity index (χ2n) is 12.7. The molecule has 5 rings (SSSR count). The van der Waals surface area contributed by atoms with E-state index in [0.717, 1.165) is 41.7 Å². The molecule has 3 aromatic rings. The fraction of sp³-hybridized carbons (Fsp3) is 0.410. The van der Waals surface area contributed by atoms with Gasteiger partial charge in [-0.05, 0) is 78.6 Å². The summed E-state index contributed by atoms with van der Waals surface area (Å²) in [5.41, 5.74) is 4.61. The van der Waals surface area contributed by atoms with Crippen molar-refractivity contribution in [1.29, 1.82) is 0 Å². The molecule has 1 fully saturated rings. The van der Waals surface area contributed by atoms with Gasteiger partial charge in [-0.2, -0.15) is 0 Å². The molecule has 2 N–H and O–H groups in total. The Hall–Kier alpha value is -4.22. The van der Waals surface area contributed by atoms with Crippen molar-refractivity contribution in [2.75, 3.05) is 13.1 Å². The van der Waals surface area contributed by atoms with Gasteiger partial charge in [0.1, 0.15) is 11.6 Å². The smallest absolute Gasteiger partial charge is 0.264 e. The summed E-state index contributed by atoms with van der Waals surface area (Å²) < 4.78 is 13.1. The Morgan fingerprint density at radius 2 is 1.68 bits per heavy atom. The third-order valence-electron chi connectivity index (χ3n) is 8.40. The van der Waals surface area contributed by atoms with Gasteiger partial charge in [0, 0.05) is 48.8 Å². The van der Waals surface area contributed by atoms with Gasteiger partial charge < -0.3 is 15.5 Å². The lowest BCUT2D eigenvalue weighted by atomic mass is 9.81. The van der Waals surface area contributed by atoms with Gasteiger partial charge in [0.25, 0.3) is 11.8 Å². The van der Waals surface area contributed by atoms with Crippen LogP contribution in [0.1, 0.15) is 97.4 Å². The van der Waals surface area contributed by atoms with Gasteiger partial charge in [-0.1, -0.05) is 70.4 Å². The lowest BCUT2D eigenvalue weighted by Crippen LogP contribution is -2.48. The van der Waals surface area contributed by atoms with E-state index in [1.54, 1.807) is 19.1 Å². The summed E-state index contributed by atoms with van der Waals surface area (Å²) in [7, 11) is 0. The monoisotopic (exact) mass is 657 g/mol. The molecule has 47 heavy (non-hydrogen) atoms. The van der Waals surface area contributed by atoms with Crippen molar-refractivity contribution in [1.82, 2.24) is 15.5 Å². The molecule has 2 amide bonds. The fourth-order valence-corrected chi connectivity index (χ4v) is 6.84. The zero-order chi connectivity index (χ0) is 34.4. The average Bonchev–Trinajstić information content (AvgIpc) is 3.61. The topological polar surface area (TPSA) is 78.5 Å². The number of benzene rings is 2. The maximum atomic E-state index is 13.1. The van der Waals surface area contributed by atoms with Crippen LogP contribution in [0.3, 0.4) is 0 Å². The number of aryl methyl sites for hydroxylation is 1. The molecule has 0 spiro atoms. The number of hydrogen-bond donors (Lipinski definition) is 2. The molecular formula is C39H48FN3O3S. The number of carbonyl (C=O) groups is 3. The fourth-order valence-electron chi connectivity index (χ4n) is 6.15. The summed E-state index contributed by atoms with van der Waals surface area (Å²) in [4.78, 5) is 39.4. The Morgan fingerprint density at radius 3 is 2.30 bits per heavy atom. The quantitative estimate of drug-likeness (QED) is 0.229. The second-order valence-corrected chi connectivity index (χ2v) is 13.7.